The Kier molecular flexibility index (Phi) is 7.28. The second-order valence-electron chi connectivity index (χ2n) is 8.44. The van der Waals surface area contributed by atoms with Crippen molar-refractivity contribution in [1.29, 1.82) is 0 Å². The summed E-state index contributed by atoms with van der Waals surface area (Å²) in [5, 5.41) is 12.7. The molecule has 2 heterocycles. The van der Waals surface area contributed by atoms with Crippen LogP contribution in [0.25, 0.3) is 0 Å². The fourth-order valence-corrected chi connectivity index (χ4v) is 4.31. The standard InChI is InChI=1S/C21H27F6N3O2/c1-2-17-10-16(12-30(17)19(32)29-5-3-18(31)4-6-29)28-11-13-7-14(20(22,23)24)9-15(8-13)21(25,26)27/h7-9,16-18,28,31H,2-6,10-12H2,1H3/t16-,17+/m0/s1. The summed E-state index contributed by atoms with van der Waals surface area (Å²) in [6, 6.07) is 1.09. The van der Waals surface area contributed by atoms with E-state index in [1.807, 2.05) is 6.92 Å². The molecule has 5 nitrogen and oxygen atoms in total. The number of rotatable bonds is 4. The number of hydrogen-bond acceptors (Lipinski definition) is 3. The fourth-order valence-electron chi connectivity index (χ4n) is 4.31. The van der Waals surface area contributed by atoms with Crippen molar-refractivity contribution >= 4 is 6.03 Å². The summed E-state index contributed by atoms with van der Waals surface area (Å²) in [4.78, 5) is 16.3. The molecule has 2 saturated heterocycles. The maximum Gasteiger partial charge on any atom is 0.416 e. The van der Waals surface area contributed by atoms with E-state index >= 15 is 0 Å². The van der Waals surface area contributed by atoms with Crippen LogP contribution in [0, 0.1) is 0 Å². The molecule has 3 rings (SSSR count). The van der Waals surface area contributed by atoms with Gasteiger partial charge in [-0.05, 0) is 49.4 Å². The summed E-state index contributed by atoms with van der Waals surface area (Å²) in [6.07, 6.45) is -7.93. The van der Waals surface area contributed by atoms with Crippen molar-refractivity contribution in [2.75, 3.05) is 19.6 Å². The Morgan fingerprint density at radius 1 is 1.06 bits per heavy atom. The van der Waals surface area contributed by atoms with Gasteiger partial charge in [0, 0.05) is 38.3 Å². The van der Waals surface area contributed by atoms with Gasteiger partial charge >= 0.3 is 18.4 Å². The number of nitrogens with zero attached hydrogens (tertiary/aromatic N) is 2. The van der Waals surface area contributed by atoms with Gasteiger partial charge in [0.2, 0.25) is 0 Å². The summed E-state index contributed by atoms with van der Waals surface area (Å²) in [6.45, 7) is 2.98. The first kappa shape index (κ1) is 24.6. The molecule has 1 aromatic rings. The van der Waals surface area contributed by atoms with Gasteiger partial charge in [-0.15, -0.1) is 0 Å². The average Bonchev–Trinajstić information content (AvgIpc) is 3.14. The maximum atomic E-state index is 13.1. The number of hydrogen-bond donors (Lipinski definition) is 2. The molecule has 0 unspecified atom stereocenters. The monoisotopic (exact) mass is 467 g/mol. The Labute approximate surface area is 182 Å². The van der Waals surface area contributed by atoms with Gasteiger partial charge in [0.05, 0.1) is 17.2 Å². The quantitative estimate of drug-likeness (QED) is 0.652. The summed E-state index contributed by atoms with van der Waals surface area (Å²) < 4.78 is 78.4. The molecule has 1 aromatic carbocycles. The number of carbonyl (C=O) groups is 1. The number of aliphatic hydroxyl groups excluding tert-OH is 1. The zero-order chi connectivity index (χ0) is 23.7. The van der Waals surface area contributed by atoms with Crippen LogP contribution in [0.3, 0.4) is 0 Å². The number of carbonyl (C=O) groups excluding carboxylic acids is 1. The molecule has 0 aromatic heterocycles. The number of likely N-dealkylation sites (tertiary alicyclic amines) is 2. The third kappa shape index (κ3) is 5.86. The molecule has 2 aliphatic rings. The molecular formula is C21H27F6N3O2. The van der Waals surface area contributed by atoms with Gasteiger partial charge in [-0.1, -0.05) is 6.92 Å². The highest BCUT2D eigenvalue weighted by Crippen LogP contribution is 2.36. The third-order valence-electron chi connectivity index (χ3n) is 6.11. The Morgan fingerprint density at radius 2 is 1.62 bits per heavy atom. The van der Waals surface area contributed by atoms with Crippen molar-refractivity contribution in [2.24, 2.45) is 0 Å². The van der Waals surface area contributed by atoms with Crippen LogP contribution in [0.5, 0.6) is 0 Å². The first-order valence-electron chi connectivity index (χ1n) is 10.6. The first-order chi connectivity index (χ1) is 14.9. The van der Waals surface area contributed by atoms with Gasteiger partial charge in [0.1, 0.15) is 0 Å². The highest BCUT2D eigenvalue weighted by molar-refractivity contribution is 5.75. The number of piperidine rings is 1. The minimum Gasteiger partial charge on any atom is -0.393 e. The number of amides is 2. The van der Waals surface area contributed by atoms with E-state index in [4.69, 9.17) is 0 Å². The number of urea groups is 1. The van der Waals surface area contributed by atoms with Crippen molar-refractivity contribution in [3.63, 3.8) is 0 Å². The molecule has 11 heteroatoms. The molecule has 2 aliphatic heterocycles. The summed E-state index contributed by atoms with van der Waals surface area (Å²) >= 11 is 0. The summed E-state index contributed by atoms with van der Waals surface area (Å²) in [7, 11) is 0. The highest BCUT2D eigenvalue weighted by atomic mass is 19.4. The molecule has 2 atom stereocenters. The largest absolute Gasteiger partial charge is 0.416 e. The second-order valence-corrected chi connectivity index (χ2v) is 8.44. The zero-order valence-corrected chi connectivity index (χ0v) is 17.6. The van der Waals surface area contributed by atoms with Gasteiger partial charge in [-0.2, -0.15) is 26.3 Å². The van der Waals surface area contributed by atoms with Crippen LogP contribution >= 0.6 is 0 Å². The lowest BCUT2D eigenvalue weighted by Crippen LogP contribution is -2.49. The number of benzene rings is 1. The molecule has 0 saturated carbocycles. The van der Waals surface area contributed by atoms with Gasteiger partial charge in [-0.3, -0.25) is 0 Å². The van der Waals surface area contributed by atoms with Crippen LogP contribution in [0.4, 0.5) is 31.1 Å². The van der Waals surface area contributed by atoms with Crippen LogP contribution in [0.15, 0.2) is 18.2 Å². The molecule has 32 heavy (non-hydrogen) atoms. The Bertz CT molecular complexity index is 773. The molecule has 180 valence electrons. The second kappa shape index (κ2) is 9.46. The van der Waals surface area contributed by atoms with Crippen molar-refractivity contribution in [1.82, 2.24) is 15.1 Å². The van der Waals surface area contributed by atoms with Gasteiger partial charge in [0.25, 0.3) is 0 Å². The minimum absolute atomic E-state index is 0.0703. The molecule has 0 aliphatic carbocycles. The lowest BCUT2D eigenvalue weighted by atomic mass is 10.0. The predicted octanol–water partition coefficient (Wildman–Crippen LogP) is 4.24. The smallest absolute Gasteiger partial charge is 0.393 e. The SMILES string of the molecule is CC[C@@H]1C[C@H](NCc2cc(C(F)(F)F)cc(C(F)(F)F)c2)CN1C(=O)N1CCC(O)CC1. The third-order valence-corrected chi connectivity index (χ3v) is 6.11. The number of alkyl halides is 6. The lowest BCUT2D eigenvalue weighted by molar-refractivity contribution is -0.143. The number of nitrogens with one attached hydrogen (secondary N) is 1. The fraction of sp³-hybridized carbons (Fsp3) is 0.667. The van der Waals surface area contributed by atoms with Crippen LogP contribution < -0.4 is 5.32 Å². The Morgan fingerprint density at radius 3 is 2.12 bits per heavy atom. The van der Waals surface area contributed by atoms with E-state index in [0.717, 1.165) is 12.1 Å². The minimum atomic E-state index is -4.89. The predicted molar refractivity (Wildman–Crippen MR) is 105 cm³/mol. The molecule has 2 fully saturated rings. The van der Waals surface area contributed by atoms with E-state index in [1.165, 1.54) is 0 Å². The number of halogens is 6. The molecule has 0 spiro atoms. The first-order valence-corrected chi connectivity index (χ1v) is 10.6. The van der Waals surface area contributed by atoms with Crippen molar-refractivity contribution < 1.29 is 36.2 Å². The maximum absolute atomic E-state index is 13.1. The van der Waals surface area contributed by atoms with Crippen LogP contribution in [-0.2, 0) is 18.9 Å². The summed E-state index contributed by atoms with van der Waals surface area (Å²) in [5.74, 6) is 0. The molecule has 2 amide bonds. The average molecular weight is 467 g/mol. The lowest BCUT2D eigenvalue weighted by Gasteiger charge is -2.35. The Balaban J connectivity index is 1.67. The van der Waals surface area contributed by atoms with E-state index in [0.29, 0.717) is 45.3 Å². The highest BCUT2D eigenvalue weighted by Gasteiger charge is 2.38. The topological polar surface area (TPSA) is 55.8 Å². The van der Waals surface area contributed by atoms with Crippen molar-refractivity contribution in [3.8, 4) is 0 Å². The van der Waals surface area contributed by atoms with Gasteiger partial charge < -0.3 is 20.2 Å². The van der Waals surface area contributed by atoms with E-state index in [-0.39, 0.29) is 36.3 Å². The molecular weight excluding hydrogens is 440 g/mol. The van der Waals surface area contributed by atoms with Crippen LogP contribution in [0.1, 0.15) is 49.3 Å². The van der Waals surface area contributed by atoms with Gasteiger partial charge in [0.15, 0.2) is 0 Å². The van der Waals surface area contributed by atoms with Crippen molar-refractivity contribution in [3.05, 3.63) is 34.9 Å². The van der Waals surface area contributed by atoms with E-state index in [9.17, 15) is 36.2 Å². The molecule has 2 N–H and O–H groups in total. The Hall–Kier alpha value is -2.01. The number of aliphatic hydroxyl groups is 1. The van der Waals surface area contributed by atoms with Crippen LogP contribution in [0.2, 0.25) is 0 Å². The molecule has 0 bridgehead atoms. The summed E-state index contributed by atoms with van der Waals surface area (Å²) in [5.41, 5.74) is -2.80. The van der Waals surface area contributed by atoms with E-state index in [1.54, 1.807) is 9.80 Å². The van der Waals surface area contributed by atoms with Crippen LogP contribution in [-0.4, -0.2) is 58.8 Å². The zero-order valence-electron chi connectivity index (χ0n) is 17.6. The van der Waals surface area contributed by atoms with Gasteiger partial charge in [-0.25, -0.2) is 4.79 Å². The molecule has 0 radical (unpaired) electrons. The van der Waals surface area contributed by atoms with E-state index in [2.05, 4.69) is 5.32 Å². The van der Waals surface area contributed by atoms with Crippen molar-refractivity contribution in [2.45, 2.75) is 69.7 Å². The normalized spacial score (nSPS) is 23.1. The van der Waals surface area contributed by atoms with E-state index < -0.39 is 29.6 Å².